The van der Waals surface area contributed by atoms with Crippen LogP contribution in [0.4, 0.5) is 10.1 Å². The summed E-state index contributed by atoms with van der Waals surface area (Å²) in [5, 5.41) is 9.75. The lowest BCUT2D eigenvalue weighted by Gasteiger charge is -2.15. The molecule has 0 spiro atoms. The smallest absolute Gasteiger partial charge is 0.252 e. The molecule has 8 nitrogen and oxygen atoms in total. The number of benzene rings is 1. The predicted octanol–water partition coefficient (Wildman–Crippen LogP) is 3.66. The molecule has 1 saturated carbocycles. The van der Waals surface area contributed by atoms with Crippen molar-refractivity contribution in [3.05, 3.63) is 65.1 Å². The molecule has 3 aromatic rings. The van der Waals surface area contributed by atoms with Crippen LogP contribution in [0.3, 0.4) is 0 Å². The third-order valence-corrected chi connectivity index (χ3v) is 5.52. The van der Waals surface area contributed by atoms with Crippen LogP contribution in [0.15, 0.2) is 42.9 Å². The number of carbonyl (C=O) groups excluding carboxylic acids is 2. The first-order chi connectivity index (χ1) is 14.7. The van der Waals surface area contributed by atoms with E-state index in [1.807, 2.05) is 0 Å². The van der Waals surface area contributed by atoms with Crippen LogP contribution < -0.4 is 10.6 Å². The van der Waals surface area contributed by atoms with E-state index in [2.05, 4.69) is 25.7 Å². The molecule has 0 aliphatic heterocycles. The van der Waals surface area contributed by atoms with Crippen molar-refractivity contribution in [1.82, 2.24) is 25.1 Å². The average molecular weight is 463 g/mol. The second-order valence-electron chi connectivity index (χ2n) is 7.21. The number of rotatable bonds is 6. The Bertz CT molecular complexity index is 1130. The predicted molar refractivity (Wildman–Crippen MR) is 113 cm³/mol. The topological polar surface area (TPSA) is 102 Å². The molecule has 0 radical (unpaired) electrons. The van der Waals surface area contributed by atoms with Crippen molar-refractivity contribution < 1.29 is 14.0 Å². The summed E-state index contributed by atoms with van der Waals surface area (Å²) in [6.45, 7) is 1.71. The van der Waals surface area contributed by atoms with E-state index in [1.54, 1.807) is 19.1 Å². The summed E-state index contributed by atoms with van der Waals surface area (Å²) in [5.41, 5.74) is 0.598. The molecule has 0 bridgehead atoms. The van der Waals surface area contributed by atoms with Crippen molar-refractivity contribution in [2.45, 2.75) is 30.7 Å². The van der Waals surface area contributed by atoms with E-state index in [0.29, 0.717) is 30.2 Å². The first-order valence-electron chi connectivity index (χ1n) is 9.39. The number of aromatic nitrogens is 4. The van der Waals surface area contributed by atoms with Crippen LogP contribution >= 0.6 is 23.2 Å². The zero-order valence-electron chi connectivity index (χ0n) is 16.3. The molecular formula is C20H17Cl2FN6O2. The van der Waals surface area contributed by atoms with Gasteiger partial charge in [-0.1, -0.05) is 11.6 Å². The Morgan fingerprint density at radius 2 is 2.00 bits per heavy atom. The molecule has 1 unspecified atom stereocenters. The Morgan fingerprint density at radius 1 is 1.23 bits per heavy atom. The average Bonchev–Trinajstić information content (AvgIpc) is 3.29. The number of anilines is 1. The Kier molecular flexibility index (Phi) is 5.63. The molecule has 1 aliphatic rings. The van der Waals surface area contributed by atoms with Crippen molar-refractivity contribution in [2.75, 3.05) is 5.32 Å². The van der Waals surface area contributed by atoms with E-state index in [4.69, 9.17) is 23.2 Å². The van der Waals surface area contributed by atoms with Gasteiger partial charge in [0.25, 0.3) is 5.91 Å². The number of carbonyl (C=O) groups is 2. The highest BCUT2D eigenvalue weighted by atomic mass is 35.5. The minimum atomic E-state index is -0.808. The Labute approximate surface area is 186 Å². The fourth-order valence-electron chi connectivity index (χ4n) is 2.92. The van der Waals surface area contributed by atoms with Gasteiger partial charge in [-0.15, -0.1) is 11.6 Å². The van der Waals surface area contributed by atoms with Gasteiger partial charge in [0.15, 0.2) is 11.6 Å². The Hall–Kier alpha value is -3.04. The molecule has 1 atom stereocenters. The van der Waals surface area contributed by atoms with Crippen LogP contribution in [0.2, 0.25) is 5.02 Å². The fraction of sp³-hybridized carbons (Fsp3) is 0.250. The van der Waals surface area contributed by atoms with Gasteiger partial charge in [-0.2, -0.15) is 9.78 Å². The quantitative estimate of drug-likeness (QED) is 0.544. The molecule has 2 N–H and O–H groups in total. The lowest BCUT2D eigenvalue weighted by molar-refractivity contribution is -0.116. The molecule has 2 aromatic heterocycles. The molecule has 11 heteroatoms. The first kappa shape index (κ1) is 21.2. The van der Waals surface area contributed by atoms with Gasteiger partial charge >= 0.3 is 0 Å². The molecule has 1 fully saturated rings. The van der Waals surface area contributed by atoms with Crippen molar-refractivity contribution in [3.8, 4) is 5.82 Å². The van der Waals surface area contributed by atoms with Crippen LogP contribution in [0.5, 0.6) is 0 Å². The minimum Gasteiger partial charge on any atom is -0.342 e. The zero-order valence-corrected chi connectivity index (χ0v) is 17.8. The van der Waals surface area contributed by atoms with E-state index >= 15 is 0 Å². The van der Waals surface area contributed by atoms with E-state index in [0.717, 1.165) is 12.1 Å². The monoisotopic (exact) mass is 462 g/mol. The third kappa shape index (κ3) is 4.67. The van der Waals surface area contributed by atoms with Crippen molar-refractivity contribution in [2.24, 2.45) is 0 Å². The van der Waals surface area contributed by atoms with Crippen LogP contribution in [-0.2, 0) is 4.79 Å². The summed E-state index contributed by atoms with van der Waals surface area (Å²) < 4.78 is 15.0. The number of nitrogens with one attached hydrogen (secondary N) is 2. The number of pyridine rings is 1. The lowest BCUT2D eigenvalue weighted by atomic mass is 10.2. The normalized spacial score (nSPS) is 15.2. The minimum absolute atomic E-state index is 0.0915. The van der Waals surface area contributed by atoms with Gasteiger partial charge in [0.2, 0.25) is 5.91 Å². The van der Waals surface area contributed by atoms with Gasteiger partial charge in [-0.25, -0.2) is 14.4 Å². The highest BCUT2D eigenvalue weighted by Crippen LogP contribution is 2.43. The van der Waals surface area contributed by atoms with E-state index < -0.39 is 22.6 Å². The maximum atomic E-state index is 13.5. The molecule has 0 saturated heterocycles. The Balaban J connectivity index is 1.47. The maximum absolute atomic E-state index is 13.5. The van der Waals surface area contributed by atoms with E-state index in [1.165, 1.54) is 23.3 Å². The van der Waals surface area contributed by atoms with Gasteiger partial charge in [-0.05, 0) is 50.1 Å². The molecule has 2 heterocycles. The highest BCUT2D eigenvalue weighted by molar-refractivity contribution is 6.38. The SMILES string of the molecule is CC(NC(=O)c1cc(F)cc(Cl)c1)c1ncnn1-c1ccc(NC(=O)C2(Cl)CC2)cn1. The van der Waals surface area contributed by atoms with Crippen molar-refractivity contribution in [1.29, 1.82) is 0 Å². The third-order valence-electron chi connectivity index (χ3n) is 4.75. The number of nitrogens with zero attached hydrogens (tertiary/aromatic N) is 4. The molecule has 1 aliphatic carbocycles. The van der Waals surface area contributed by atoms with E-state index in [9.17, 15) is 14.0 Å². The highest BCUT2D eigenvalue weighted by Gasteiger charge is 2.48. The van der Waals surface area contributed by atoms with Gasteiger partial charge < -0.3 is 10.6 Å². The van der Waals surface area contributed by atoms with Crippen LogP contribution in [0, 0.1) is 5.82 Å². The number of alkyl halides is 1. The summed E-state index contributed by atoms with van der Waals surface area (Å²) in [5.74, 6) is -0.514. The molecular weight excluding hydrogens is 446 g/mol. The van der Waals surface area contributed by atoms with E-state index in [-0.39, 0.29) is 16.5 Å². The number of amides is 2. The van der Waals surface area contributed by atoms with Gasteiger partial charge in [-0.3, -0.25) is 9.59 Å². The van der Waals surface area contributed by atoms with Gasteiger partial charge in [0.1, 0.15) is 17.0 Å². The number of hydrogen-bond donors (Lipinski definition) is 2. The summed E-state index contributed by atoms with van der Waals surface area (Å²) in [7, 11) is 0. The largest absolute Gasteiger partial charge is 0.342 e. The summed E-state index contributed by atoms with van der Waals surface area (Å²) in [4.78, 5) is 32.2. The molecule has 2 amide bonds. The van der Waals surface area contributed by atoms with Crippen molar-refractivity contribution in [3.63, 3.8) is 0 Å². The van der Waals surface area contributed by atoms with Crippen molar-refractivity contribution >= 4 is 40.7 Å². The number of halogens is 3. The second kappa shape index (κ2) is 8.24. The Morgan fingerprint density at radius 3 is 2.65 bits per heavy atom. The molecule has 1 aromatic carbocycles. The molecule has 160 valence electrons. The summed E-state index contributed by atoms with van der Waals surface area (Å²) >= 11 is 11.9. The number of hydrogen-bond acceptors (Lipinski definition) is 5. The fourth-order valence-corrected chi connectivity index (χ4v) is 3.28. The standard InChI is InChI=1S/C20H17Cl2FN6O2/c1-11(27-18(30)12-6-13(21)8-14(23)7-12)17-25-10-26-29(17)16-3-2-15(9-24-16)28-19(31)20(22)4-5-20/h2-3,6-11H,4-5H2,1H3,(H,27,30)(H,28,31). The van der Waals surface area contributed by atoms with Crippen LogP contribution in [0.1, 0.15) is 42.0 Å². The zero-order chi connectivity index (χ0) is 22.2. The van der Waals surface area contributed by atoms with Gasteiger partial charge in [0.05, 0.1) is 17.9 Å². The first-order valence-corrected chi connectivity index (χ1v) is 10.1. The lowest BCUT2D eigenvalue weighted by Crippen LogP contribution is -2.29. The summed E-state index contributed by atoms with van der Waals surface area (Å²) in [6, 6.07) is 6.35. The molecule has 4 rings (SSSR count). The van der Waals surface area contributed by atoms with Gasteiger partial charge in [0, 0.05) is 10.6 Å². The summed E-state index contributed by atoms with van der Waals surface area (Å²) in [6.07, 6.45) is 4.12. The molecule has 31 heavy (non-hydrogen) atoms. The van der Waals surface area contributed by atoms with Crippen LogP contribution in [-0.4, -0.2) is 36.4 Å². The maximum Gasteiger partial charge on any atom is 0.252 e. The second-order valence-corrected chi connectivity index (χ2v) is 8.37. The van der Waals surface area contributed by atoms with Crippen LogP contribution in [0.25, 0.3) is 5.82 Å².